The van der Waals surface area contributed by atoms with Crippen LogP contribution in [0.4, 0.5) is 4.39 Å². The van der Waals surface area contributed by atoms with E-state index in [0.717, 1.165) is 12.1 Å². The van der Waals surface area contributed by atoms with Crippen molar-refractivity contribution in [2.75, 3.05) is 26.3 Å². The van der Waals surface area contributed by atoms with Gasteiger partial charge in [0.2, 0.25) is 0 Å². The molecule has 1 N–H and O–H groups in total. The first-order valence-corrected chi connectivity index (χ1v) is 6.83. The van der Waals surface area contributed by atoms with Crippen molar-refractivity contribution >= 4 is 0 Å². The Labute approximate surface area is 115 Å². The van der Waals surface area contributed by atoms with Crippen molar-refractivity contribution in [2.45, 2.75) is 32.9 Å². The molecule has 1 aromatic carbocycles. The van der Waals surface area contributed by atoms with Crippen molar-refractivity contribution < 1.29 is 14.2 Å². The van der Waals surface area contributed by atoms with Crippen LogP contribution in [-0.2, 0) is 4.74 Å². The van der Waals surface area contributed by atoms with Crippen LogP contribution in [0.25, 0.3) is 0 Å². The van der Waals surface area contributed by atoms with E-state index in [1.165, 1.54) is 12.1 Å². The molecule has 108 valence electrons. The topological polar surface area (TPSA) is 32.7 Å². The van der Waals surface area contributed by atoms with E-state index in [1.807, 2.05) is 13.8 Å². The van der Waals surface area contributed by atoms with E-state index in [0.29, 0.717) is 19.8 Å². The van der Waals surface area contributed by atoms with Gasteiger partial charge in [-0.25, -0.2) is 4.39 Å². The highest BCUT2D eigenvalue weighted by Crippen LogP contribution is 2.20. The molecule has 0 heterocycles. The number of nitrogens with zero attached hydrogens (tertiary/aromatic N) is 1. The van der Waals surface area contributed by atoms with E-state index in [1.54, 1.807) is 12.1 Å². The van der Waals surface area contributed by atoms with Gasteiger partial charge >= 0.3 is 0 Å². The highest BCUT2D eigenvalue weighted by molar-refractivity contribution is 5.19. The van der Waals surface area contributed by atoms with Crippen LogP contribution >= 0.6 is 0 Å². The Kier molecular flexibility index (Phi) is 6.99. The van der Waals surface area contributed by atoms with Gasteiger partial charge in [0, 0.05) is 19.2 Å². The van der Waals surface area contributed by atoms with Crippen molar-refractivity contribution in [2.24, 2.45) is 0 Å². The molecular formula is C15H24FNO2. The second-order valence-corrected chi connectivity index (χ2v) is 4.63. The normalized spacial score (nSPS) is 14.6. The van der Waals surface area contributed by atoms with Crippen LogP contribution in [0.5, 0.6) is 0 Å². The molecule has 0 aliphatic carbocycles. The molecule has 0 aliphatic rings. The van der Waals surface area contributed by atoms with E-state index >= 15 is 0 Å². The lowest BCUT2D eigenvalue weighted by Crippen LogP contribution is -2.36. The van der Waals surface area contributed by atoms with E-state index in [9.17, 15) is 9.50 Å². The third kappa shape index (κ3) is 5.27. The first-order valence-electron chi connectivity index (χ1n) is 6.83. The Bertz CT molecular complexity index is 356. The van der Waals surface area contributed by atoms with Crippen LogP contribution < -0.4 is 0 Å². The minimum absolute atomic E-state index is 0.141. The molecule has 0 spiro atoms. The van der Waals surface area contributed by atoms with Crippen molar-refractivity contribution in [3.63, 3.8) is 0 Å². The standard InChI is InChI=1S/C15H24FNO2/c1-4-17(10-15(18)11-19-5-2)12(3)13-6-8-14(16)9-7-13/h6-9,12,15,18H,4-5,10-11H2,1-3H3/t12-,15+/m1/s1. The van der Waals surface area contributed by atoms with Gasteiger partial charge < -0.3 is 9.84 Å². The summed E-state index contributed by atoms with van der Waals surface area (Å²) >= 11 is 0. The Balaban J connectivity index is 2.60. The van der Waals surface area contributed by atoms with E-state index in [2.05, 4.69) is 11.8 Å². The third-order valence-electron chi connectivity index (χ3n) is 3.27. The molecule has 1 aromatic rings. The minimum Gasteiger partial charge on any atom is -0.389 e. The Morgan fingerprint density at radius 3 is 2.42 bits per heavy atom. The monoisotopic (exact) mass is 269 g/mol. The van der Waals surface area contributed by atoms with Gasteiger partial charge in [0.05, 0.1) is 12.7 Å². The number of benzene rings is 1. The van der Waals surface area contributed by atoms with Crippen molar-refractivity contribution in [1.29, 1.82) is 0 Å². The number of ether oxygens (including phenoxy) is 1. The molecular weight excluding hydrogens is 245 g/mol. The summed E-state index contributed by atoms with van der Waals surface area (Å²) in [5.41, 5.74) is 1.05. The smallest absolute Gasteiger partial charge is 0.123 e. The third-order valence-corrected chi connectivity index (χ3v) is 3.27. The van der Waals surface area contributed by atoms with Crippen molar-refractivity contribution in [1.82, 2.24) is 4.90 Å². The maximum Gasteiger partial charge on any atom is 0.123 e. The molecule has 19 heavy (non-hydrogen) atoms. The number of aliphatic hydroxyl groups is 1. The quantitative estimate of drug-likeness (QED) is 0.787. The minimum atomic E-state index is -0.497. The predicted molar refractivity (Wildman–Crippen MR) is 74.6 cm³/mol. The summed E-state index contributed by atoms with van der Waals surface area (Å²) in [7, 11) is 0. The summed E-state index contributed by atoms with van der Waals surface area (Å²) in [6, 6.07) is 6.66. The zero-order chi connectivity index (χ0) is 14.3. The molecule has 1 rings (SSSR count). The fourth-order valence-electron chi connectivity index (χ4n) is 2.09. The lowest BCUT2D eigenvalue weighted by molar-refractivity contribution is 0.0147. The molecule has 0 bridgehead atoms. The van der Waals surface area contributed by atoms with E-state index in [4.69, 9.17) is 4.74 Å². The number of hydrogen-bond donors (Lipinski definition) is 1. The molecule has 0 amide bonds. The average Bonchev–Trinajstić information content (AvgIpc) is 2.42. The van der Waals surface area contributed by atoms with E-state index in [-0.39, 0.29) is 11.9 Å². The van der Waals surface area contributed by atoms with Gasteiger partial charge in [0.25, 0.3) is 0 Å². The molecule has 4 heteroatoms. The average molecular weight is 269 g/mol. The summed E-state index contributed by atoms with van der Waals surface area (Å²) in [6.07, 6.45) is -0.497. The van der Waals surface area contributed by atoms with Crippen LogP contribution in [0, 0.1) is 5.82 Å². The maximum atomic E-state index is 12.9. The molecule has 0 aliphatic heterocycles. The number of likely N-dealkylation sites (N-methyl/N-ethyl adjacent to an activating group) is 1. The molecule has 0 saturated carbocycles. The number of hydrogen-bond acceptors (Lipinski definition) is 3. The molecule has 0 unspecified atom stereocenters. The maximum absolute atomic E-state index is 12.9. The lowest BCUT2D eigenvalue weighted by atomic mass is 10.1. The number of halogens is 1. The van der Waals surface area contributed by atoms with Crippen molar-refractivity contribution in [3.05, 3.63) is 35.6 Å². The van der Waals surface area contributed by atoms with Crippen molar-refractivity contribution in [3.8, 4) is 0 Å². The van der Waals surface area contributed by atoms with Crippen LogP contribution in [0.15, 0.2) is 24.3 Å². The van der Waals surface area contributed by atoms with Gasteiger partial charge in [-0.15, -0.1) is 0 Å². The Morgan fingerprint density at radius 2 is 1.89 bits per heavy atom. The molecule has 2 atom stereocenters. The van der Waals surface area contributed by atoms with Crippen LogP contribution in [-0.4, -0.2) is 42.4 Å². The zero-order valence-electron chi connectivity index (χ0n) is 12.0. The van der Waals surface area contributed by atoms with Gasteiger partial charge in [-0.2, -0.15) is 0 Å². The highest BCUT2D eigenvalue weighted by atomic mass is 19.1. The number of aliphatic hydroxyl groups excluding tert-OH is 1. The van der Waals surface area contributed by atoms with Gasteiger partial charge in [-0.1, -0.05) is 19.1 Å². The molecule has 3 nitrogen and oxygen atoms in total. The van der Waals surface area contributed by atoms with Crippen LogP contribution in [0.3, 0.4) is 0 Å². The van der Waals surface area contributed by atoms with Gasteiger partial charge in [-0.05, 0) is 38.1 Å². The summed E-state index contributed by atoms with van der Waals surface area (Å²) < 4.78 is 18.1. The predicted octanol–water partition coefficient (Wildman–Crippen LogP) is 2.61. The second kappa shape index (κ2) is 8.25. The van der Waals surface area contributed by atoms with Crippen LogP contribution in [0.2, 0.25) is 0 Å². The Hall–Kier alpha value is -0.970. The number of rotatable bonds is 8. The van der Waals surface area contributed by atoms with E-state index < -0.39 is 6.10 Å². The first kappa shape index (κ1) is 16.1. The summed E-state index contributed by atoms with van der Waals surface area (Å²) in [6.45, 7) is 8.35. The lowest BCUT2D eigenvalue weighted by Gasteiger charge is -2.30. The largest absolute Gasteiger partial charge is 0.389 e. The van der Waals surface area contributed by atoms with Gasteiger partial charge in [0.1, 0.15) is 5.82 Å². The van der Waals surface area contributed by atoms with Crippen LogP contribution in [0.1, 0.15) is 32.4 Å². The second-order valence-electron chi connectivity index (χ2n) is 4.63. The summed E-state index contributed by atoms with van der Waals surface area (Å²) in [4.78, 5) is 2.15. The van der Waals surface area contributed by atoms with Gasteiger partial charge in [0.15, 0.2) is 0 Å². The van der Waals surface area contributed by atoms with Gasteiger partial charge in [-0.3, -0.25) is 4.90 Å². The molecule has 0 saturated heterocycles. The summed E-state index contributed by atoms with van der Waals surface area (Å²) in [5, 5.41) is 9.90. The zero-order valence-corrected chi connectivity index (χ0v) is 12.0. The molecule has 0 aromatic heterocycles. The first-order chi connectivity index (χ1) is 9.08. The molecule has 0 fully saturated rings. The molecule has 0 radical (unpaired) electrons. The fourth-order valence-corrected chi connectivity index (χ4v) is 2.09. The Morgan fingerprint density at radius 1 is 1.26 bits per heavy atom. The fraction of sp³-hybridized carbons (Fsp3) is 0.600. The SMILES string of the molecule is CCOC[C@@H](O)CN(CC)[C@H](C)c1ccc(F)cc1. The highest BCUT2D eigenvalue weighted by Gasteiger charge is 2.17. The summed E-state index contributed by atoms with van der Waals surface area (Å²) in [5.74, 6) is -0.227.